The summed E-state index contributed by atoms with van der Waals surface area (Å²) < 4.78 is 46.4. The summed E-state index contributed by atoms with van der Waals surface area (Å²) in [5.41, 5.74) is -1.18. The maximum absolute atomic E-state index is 12.0. The molecule has 0 aromatic carbocycles. The molecule has 0 radical (unpaired) electrons. The number of aliphatic hydroxyl groups is 1. The fraction of sp³-hybridized carbons (Fsp3) is 1.00. The van der Waals surface area contributed by atoms with E-state index in [-0.39, 0.29) is 19.5 Å². The third-order valence-corrected chi connectivity index (χ3v) is 3.48. The van der Waals surface area contributed by atoms with Crippen molar-refractivity contribution in [2.75, 3.05) is 13.1 Å². The van der Waals surface area contributed by atoms with Crippen molar-refractivity contribution < 1.29 is 22.3 Å². The van der Waals surface area contributed by atoms with Gasteiger partial charge in [-0.2, -0.15) is 13.1 Å². The van der Waals surface area contributed by atoms with E-state index in [1.54, 1.807) is 0 Å². The van der Waals surface area contributed by atoms with Gasteiger partial charge in [0.05, 0.1) is 5.60 Å². The molecule has 1 rings (SSSR count). The van der Waals surface area contributed by atoms with Crippen molar-refractivity contribution in [1.82, 2.24) is 4.31 Å². The number of hydrogen-bond acceptors (Lipinski definition) is 3. The van der Waals surface area contributed by atoms with Gasteiger partial charge in [-0.15, -0.1) is 0 Å². The van der Waals surface area contributed by atoms with Crippen molar-refractivity contribution in [2.45, 2.75) is 24.7 Å². The van der Waals surface area contributed by atoms with Gasteiger partial charge in [-0.1, -0.05) is 0 Å². The number of alkyl halides is 2. The number of β-amino-alcohol motifs (C(OH)–C–C–N with tert-alkyl or cyclic N) is 1. The lowest BCUT2D eigenvalue weighted by atomic mass is 10.1. The Labute approximate surface area is 75.2 Å². The molecule has 78 valence electrons. The molecule has 0 bridgehead atoms. The minimum absolute atomic E-state index is 0.0420. The Morgan fingerprint density at radius 3 is 2.38 bits per heavy atom. The van der Waals surface area contributed by atoms with Gasteiger partial charge in [-0.05, 0) is 13.3 Å². The summed E-state index contributed by atoms with van der Waals surface area (Å²) in [6, 6.07) is 0. The lowest BCUT2D eigenvalue weighted by Gasteiger charge is -2.17. The third kappa shape index (κ3) is 2.15. The van der Waals surface area contributed by atoms with E-state index in [0.717, 1.165) is 0 Å². The molecule has 1 aliphatic rings. The molecular weight excluding hydrogens is 204 g/mol. The van der Waals surface area contributed by atoms with Crippen molar-refractivity contribution in [1.29, 1.82) is 0 Å². The number of nitrogens with zero attached hydrogens (tertiary/aromatic N) is 1. The first-order valence-electron chi connectivity index (χ1n) is 3.75. The summed E-state index contributed by atoms with van der Waals surface area (Å²) in [7, 11) is -4.51. The Morgan fingerprint density at radius 2 is 2.08 bits per heavy atom. The molecule has 1 N–H and O–H groups in total. The first-order valence-corrected chi connectivity index (χ1v) is 5.25. The second-order valence-corrected chi connectivity index (χ2v) is 5.29. The molecule has 1 fully saturated rings. The molecular formula is C6H11F2NO3S. The Balaban J connectivity index is 2.78. The minimum atomic E-state index is -4.51. The first kappa shape index (κ1) is 10.8. The van der Waals surface area contributed by atoms with Gasteiger partial charge in [0.25, 0.3) is 10.0 Å². The van der Waals surface area contributed by atoms with Crippen LogP contribution in [0.5, 0.6) is 0 Å². The monoisotopic (exact) mass is 215 g/mol. The summed E-state index contributed by atoms with van der Waals surface area (Å²) in [6.07, 6.45) is 0.193. The van der Waals surface area contributed by atoms with Crippen LogP contribution in [0.15, 0.2) is 0 Å². The van der Waals surface area contributed by atoms with Crippen LogP contribution in [0.4, 0.5) is 8.78 Å². The molecule has 0 amide bonds. The second kappa shape index (κ2) is 3.14. The zero-order valence-electron chi connectivity index (χ0n) is 7.07. The fourth-order valence-corrected chi connectivity index (χ4v) is 2.26. The van der Waals surface area contributed by atoms with E-state index >= 15 is 0 Å². The maximum atomic E-state index is 12.0. The summed E-state index contributed by atoms with van der Waals surface area (Å²) in [5.74, 6) is -3.40. The SMILES string of the molecule is CC1(O)CCN(S(=O)(=O)C(F)F)C1. The van der Waals surface area contributed by atoms with Gasteiger partial charge >= 0.3 is 5.76 Å². The Kier molecular flexibility index (Phi) is 2.61. The molecule has 1 saturated heterocycles. The minimum Gasteiger partial charge on any atom is -0.389 e. The maximum Gasteiger partial charge on any atom is 0.350 e. The van der Waals surface area contributed by atoms with Crippen LogP contribution in [0.25, 0.3) is 0 Å². The fourth-order valence-electron chi connectivity index (χ4n) is 1.23. The zero-order chi connectivity index (χ0) is 10.3. The standard InChI is InChI=1S/C6H11F2NO3S/c1-6(10)2-3-9(4-6)13(11,12)5(7)8/h5,10H,2-4H2,1H3. The predicted octanol–water partition coefficient (Wildman–Crippen LogP) is -0.00450. The van der Waals surface area contributed by atoms with Crippen LogP contribution >= 0.6 is 0 Å². The number of hydrogen-bond donors (Lipinski definition) is 1. The summed E-state index contributed by atoms with van der Waals surface area (Å²) in [5, 5.41) is 9.36. The first-order chi connectivity index (χ1) is 5.76. The average molecular weight is 215 g/mol. The smallest absolute Gasteiger partial charge is 0.350 e. The highest BCUT2D eigenvalue weighted by Gasteiger charge is 2.41. The largest absolute Gasteiger partial charge is 0.389 e. The van der Waals surface area contributed by atoms with Crippen LogP contribution in [-0.2, 0) is 10.0 Å². The second-order valence-electron chi connectivity index (χ2n) is 3.39. The molecule has 1 atom stereocenters. The van der Waals surface area contributed by atoms with Crippen LogP contribution in [0.3, 0.4) is 0 Å². The molecule has 1 unspecified atom stereocenters. The molecule has 0 spiro atoms. The van der Waals surface area contributed by atoms with Gasteiger partial charge in [0, 0.05) is 13.1 Å². The van der Waals surface area contributed by atoms with Crippen LogP contribution in [0, 0.1) is 0 Å². The normalized spacial score (nSPS) is 31.5. The number of sulfonamides is 1. The van der Waals surface area contributed by atoms with E-state index in [1.807, 2.05) is 0 Å². The van der Waals surface area contributed by atoms with Crippen LogP contribution in [0.2, 0.25) is 0 Å². The van der Waals surface area contributed by atoms with E-state index in [4.69, 9.17) is 0 Å². The molecule has 7 heteroatoms. The highest BCUT2D eigenvalue weighted by atomic mass is 32.2. The molecule has 4 nitrogen and oxygen atoms in total. The quantitative estimate of drug-likeness (QED) is 0.705. The molecule has 13 heavy (non-hydrogen) atoms. The highest BCUT2D eigenvalue weighted by Crippen LogP contribution is 2.25. The van der Waals surface area contributed by atoms with Crippen LogP contribution in [0.1, 0.15) is 13.3 Å². The third-order valence-electron chi connectivity index (χ3n) is 2.00. The molecule has 0 aliphatic carbocycles. The van der Waals surface area contributed by atoms with Crippen LogP contribution in [-0.4, -0.2) is 42.3 Å². The van der Waals surface area contributed by atoms with Gasteiger partial charge < -0.3 is 5.11 Å². The van der Waals surface area contributed by atoms with E-state index in [9.17, 15) is 22.3 Å². The van der Waals surface area contributed by atoms with Crippen molar-refractivity contribution in [2.24, 2.45) is 0 Å². The summed E-state index contributed by atoms with van der Waals surface area (Å²) in [6.45, 7) is 1.13. The van der Waals surface area contributed by atoms with Gasteiger partial charge in [-0.25, -0.2) is 8.42 Å². The Morgan fingerprint density at radius 1 is 1.54 bits per heavy atom. The number of halogens is 2. The zero-order valence-corrected chi connectivity index (χ0v) is 7.89. The Hall–Kier alpha value is -0.270. The summed E-state index contributed by atoms with van der Waals surface area (Å²) >= 11 is 0. The number of rotatable bonds is 2. The van der Waals surface area contributed by atoms with E-state index < -0.39 is 21.4 Å². The van der Waals surface area contributed by atoms with Gasteiger partial charge in [0.2, 0.25) is 0 Å². The van der Waals surface area contributed by atoms with E-state index in [0.29, 0.717) is 4.31 Å². The van der Waals surface area contributed by atoms with Crippen molar-refractivity contribution in [3.8, 4) is 0 Å². The van der Waals surface area contributed by atoms with Crippen molar-refractivity contribution in [3.63, 3.8) is 0 Å². The van der Waals surface area contributed by atoms with Gasteiger partial charge in [0.15, 0.2) is 0 Å². The van der Waals surface area contributed by atoms with Crippen molar-refractivity contribution in [3.05, 3.63) is 0 Å². The molecule has 0 saturated carbocycles. The van der Waals surface area contributed by atoms with Crippen molar-refractivity contribution >= 4 is 10.0 Å². The van der Waals surface area contributed by atoms with Crippen LogP contribution < -0.4 is 0 Å². The molecule has 1 aliphatic heterocycles. The predicted molar refractivity (Wildman–Crippen MR) is 41.7 cm³/mol. The highest BCUT2D eigenvalue weighted by molar-refractivity contribution is 7.89. The van der Waals surface area contributed by atoms with Gasteiger partial charge in [-0.3, -0.25) is 0 Å². The lowest BCUT2D eigenvalue weighted by molar-refractivity contribution is 0.0756. The molecule has 0 aromatic heterocycles. The lowest BCUT2D eigenvalue weighted by Crippen LogP contribution is -2.36. The summed E-state index contributed by atoms with van der Waals surface area (Å²) in [4.78, 5) is 0. The van der Waals surface area contributed by atoms with E-state index in [1.165, 1.54) is 6.92 Å². The molecule has 1 heterocycles. The molecule has 0 aromatic rings. The van der Waals surface area contributed by atoms with E-state index in [2.05, 4.69) is 0 Å². The topological polar surface area (TPSA) is 57.6 Å². The van der Waals surface area contributed by atoms with Gasteiger partial charge in [0.1, 0.15) is 0 Å². The average Bonchev–Trinajstić information content (AvgIpc) is 2.30. The Bertz CT molecular complexity index is 288.